The van der Waals surface area contributed by atoms with E-state index >= 15 is 0 Å². The molecule has 0 aliphatic carbocycles. The highest BCUT2D eigenvalue weighted by molar-refractivity contribution is 5.47. The van der Waals surface area contributed by atoms with E-state index in [9.17, 15) is 4.39 Å². The van der Waals surface area contributed by atoms with Crippen molar-refractivity contribution >= 4 is 5.82 Å². The number of rotatable bonds is 5. The van der Waals surface area contributed by atoms with E-state index in [0.29, 0.717) is 6.54 Å². The zero-order chi connectivity index (χ0) is 13.0. The summed E-state index contributed by atoms with van der Waals surface area (Å²) in [5.41, 5.74) is 0.966. The molecule has 0 aromatic carbocycles. The van der Waals surface area contributed by atoms with Gasteiger partial charge in [0, 0.05) is 25.2 Å². The molecule has 1 saturated heterocycles. The van der Waals surface area contributed by atoms with E-state index in [-0.39, 0.29) is 5.82 Å². The van der Waals surface area contributed by atoms with Crippen LogP contribution in [0.3, 0.4) is 0 Å². The van der Waals surface area contributed by atoms with Crippen molar-refractivity contribution in [3.63, 3.8) is 0 Å². The normalized spacial score (nSPS) is 19.5. The quantitative estimate of drug-likeness (QED) is 0.871. The van der Waals surface area contributed by atoms with Gasteiger partial charge >= 0.3 is 0 Å². The molecule has 1 N–H and O–H groups in total. The molecule has 1 aromatic heterocycles. The molecule has 2 rings (SSSR count). The van der Waals surface area contributed by atoms with Crippen molar-refractivity contribution in [2.24, 2.45) is 5.92 Å². The summed E-state index contributed by atoms with van der Waals surface area (Å²) in [7, 11) is 0. The van der Waals surface area contributed by atoms with Gasteiger partial charge in [0.05, 0.1) is 6.20 Å². The number of aromatic nitrogens is 1. The van der Waals surface area contributed by atoms with E-state index in [2.05, 4.69) is 29.0 Å². The monoisotopic (exact) mass is 251 g/mol. The minimum Gasteiger partial charge on any atom is -0.356 e. The van der Waals surface area contributed by atoms with E-state index < -0.39 is 0 Å². The number of hydrogen-bond acceptors (Lipinski definition) is 3. The second kappa shape index (κ2) is 6.14. The Morgan fingerprint density at radius 1 is 1.50 bits per heavy atom. The first-order chi connectivity index (χ1) is 8.74. The Hall–Kier alpha value is -1.16. The van der Waals surface area contributed by atoms with Gasteiger partial charge < -0.3 is 10.2 Å². The summed E-state index contributed by atoms with van der Waals surface area (Å²) in [5.74, 6) is 1.45. The van der Waals surface area contributed by atoms with Gasteiger partial charge in [0.15, 0.2) is 0 Å². The van der Waals surface area contributed by atoms with E-state index in [1.54, 1.807) is 6.07 Å². The van der Waals surface area contributed by atoms with Crippen LogP contribution in [-0.2, 0) is 6.54 Å². The summed E-state index contributed by atoms with van der Waals surface area (Å²) in [6.45, 7) is 7.93. The Morgan fingerprint density at radius 2 is 2.33 bits per heavy atom. The largest absolute Gasteiger partial charge is 0.356 e. The lowest BCUT2D eigenvalue weighted by atomic mass is 10.1. The van der Waals surface area contributed by atoms with Gasteiger partial charge in [-0.3, -0.25) is 0 Å². The topological polar surface area (TPSA) is 28.2 Å². The van der Waals surface area contributed by atoms with Gasteiger partial charge in [-0.2, -0.15) is 0 Å². The molecule has 1 aliphatic heterocycles. The maximum Gasteiger partial charge on any atom is 0.141 e. The lowest BCUT2D eigenvalue weighted by Crippen LogP contribution is -2.24. The Balaban J connectivity index is 2.16. The van der Waals surface area contributed by atoms with Crippen LogP contribution in [0.5, 0.6) is 0 Å². The van der Waals surface area contributed by atoms with Crippen LogP contribution in [0.2, 0.25) is 0 Å². The third kappa shape index (κ3) is 2.99. The number of nitrogens with one attached hydrogen (secondary N) is 1. The fourth-order valence-electron chi connectivity index (χ4n) is 2.51. The van der Waals surface area contributed by atoms with E-state index in [1.165, 1.54) is 19.0 Å². The van der Waals surface area contributed by atoms with Crippen LogP contribution in [0.25, 0.3) is 0 Å². The smallest absolute Gasteiger partial charge is 0.141 e. The SMILES string of the molecule is CCNCc1cc(F)cnc1N1CCC(CC)C1. The molecular weight excluding hydrogens is 229 g/mol. The Labute approximate surface area is 108 Å². The summed E-state index contributed by atoms with van der Waals surface area (Å²) < 4.78 is 13.3. The highest BCUT2D eigenvalue weighted by Gasteiger charge is 2.23. The van der Waals surface area contributed by atoms with Crippen LogP contribution in [0, 0.1) is 11.7 Å². The van der Waals surface area contributed by atoms with Crippen molar-refractivity contribution in [3.8, 4) is 0 Å². The van der Waals surface area contributed by atoms with Gasteiger partial charge in [-0.15, -0.1) is 0 Å². The number of hydrogen-bond donors (Lipinski definition) is 1. The van der Waals surface area contributed by atoms with Gasteiger partial charge in [0.25, 0.3) is 0 Å². The average molecular weight is 251 g/mol. The minimum absolute atomic E-state index is 0.252. The molecule has 0 saturated carbocycles. The van der Waals surface area contributed by atoms with Crippen LogP contribution in [0.15, 0.2) is 12.3 Å². The predicted octanol–water partition coefficient (Wildman–Crippen LogP) is 2.57. The fraction of sp³-hybridized carbons (Fsp3) is 0.643. The van der Waals surface area contributed by atoms with E-state index in [4.69, 9.17) is 0 Å². The Morgan fingerprint density at radius 3 is 3.00 bits per heavy atom. The van der Waals surface area contributed by atoms with Gasteiger partial charge in [0.1, 0.15) is 11.6 Å². The van der Waals surface area contributed by atoms with E-state index in [1.807, 2.05) is 0 Å². The van der Waals surface area contributed by atoms with Gasteiger partial charge in [-0.1, -0.05) is 20.3 Å². The van der Waals surface area contributed by atoms with Crippen molar-refractivity contribution in [3.05, 3.63) is 23.6 Å². The Bertz CT molecular complexity index is 395. The molecule has 18 heavy (non-hydrogen) atoms. The molecule has 0 bridgehead atoms. The molecule has 1 unspecified atom stereocenters. The van der Waals surface area contributed by atoms with Crippen molar-refractivity contribution in [2.75, 3.05) is 24.5 Å². The second-order valence-corrected chi connectivity index (χ2v) is 4.93. The third-order valence-corrected chi connectivity index (χ3v) is 3.64. The zero-order valence-electron chi connectivity index (χ0n) is 11.2. The number of anilines is 1. The molecule has 2 heterocycles. The lowest BCUT2D eigenvalue weighted by Gasteiger charge is -2.20. The van der Waals surface area contributed by atoms with Crippen LogP contribution >= 0.6 is 0 Å². The molecular formula is C14H22FN3. The third-order valence-electron chi connectivity index (χ3n) is 3.64. The molecule has 3 nitrogen and oxygen atoms in total. The molecule has 1 fully saturated rings. The minimum atomic E-state index is -0.252. The van der Waals surface area contributed by atoms with Crippen LogP contribution in [0.1, 0.15) is 32.3 Å². The van der Waals surface area contributed by atoms with Crippen molar-refractivity contribution in [1.29, 1.82) is 0 Å². The molecule has 0 radical (unpaired) electrons. The fourth-order valence-corrected chi connectivity index (χ4v) is 2.51. The number of nitrogens with zero attached hydrogens (tertiary/aromatic N) is 2. The standard InChI is InChI=1S/C14H22FN3/c1-3-11-5-6-18(10-11)14-12(8-16-4-2)7-13(15)9-17-14/h7,9,11,16H,3-6,8,10H2,1-2H3. The lowest BCUT2D eigenvalue weighted by molar-refractivity contribution is 0.568. The Kier molecular flexibility index (Phi) is 4.53. The maximum absolute atomic E-state index is 13.3. The molecule has 0 spiro atoms. The van der Waals surface area contributed by atoms with Gasteiger partial charge in [-0.25, -0.2) is 9.37 Å². The van der Waals surface area contributed by atoms with Gasteiger partial charge in [-0.05, 0) is 24.9 Å². The molecule has 1 aliphatic rings. The number of halogens is 1. The predicted molar refractivity (Wildman–Crippen MR) is 72.2 cm³/mol. The highest BCUT2D eigenvalue weighted by Crippen LogP contribution is 2.27. The zero-order valence-corrected chi connectivity index (χ0v) is 11.2. The van der Waals surface area contributed by atoms with Crippen molar-refractivity contribution in [2.45, 2.75) is 33.2 Å². The van der Waals surface area contributed by atoms with Crippen molar-refractivity contribution in [1.82, 2.24) is 10.3 Å². The van der Waals surface area contributed by atoms with Crippen LogP contribution in [0.4, 0.5) is 10.2 Å². The summed E-state index contributed by atoms with van der Waals surface area (Å²) >= 11 is 0. The number of pyridine rings is 1. The summed E-state index contributed by atoms with van der Waals surface area (Å²) in [6.07, 6.45) is 3.75. The summed E-state index contributed by atoms with van der Waals surface area (Å²) in [6, 6.07) is 1.60. The van der Waals surface area contributed by atoms with Crippen LogP contribution in [-0.4, -0.2) is 24.6 Å². The van der Waals surface area contributed by atoms with Crippen LogP contribution < -0.4 is 10.2 Å². The molecule has 4 heteroatoms. The molecule has 1 atom stereocenters. The van der Waals surface area contributed by atoms with Gasteiger partial charge in [0.2, 0.25) is 0 Å². The first-order valence-electron chi connectivity index (χ1n) is 6.84. The maximum atomic E-state index is 13.3. The second-order valence-electron chi connectivity index (χ2n) is 4.93. The average Bonchev–Trinajstić information content (AvgIpc) is 2.85. The van der Waals surface area contributed by atoms with Crippen molar-refractivity contribution < 1.29 is 4.39 Å². The highest BCUT2D eigenvalue weighted by atomic mass is 19.1. The summed E-state index contributed by atoms with van der Waals surface area (Å²) in [5, 5.41) is 3.25. The first kappa shape index (κ1) is 13.3. The molecule has 1 aromatic rings. The molecule has 100 valence electrons. The molecule has 0 amide bonds. The summed E-state index contributed by atoms with van der Waals surface area (Å²) in [4.78, 5) is 6.58. The first-order valence-corrected chi connectivity index (χ1v) is 6.84. The van der Waals surface area contributed by atoms with E-state index in [0.717, 1.165) is 36.9 Å².